The fraction of sp³-hybridized carbons (Fsp3) is 0.417. The molecule has 1 unspecified atom stereocenters. The molecule has 0 saturated carbocycles. The number of nitrogens with one attached hydrogen (secondary N) is 1. The van der Waals surface area contributed by atoms with Gasteiger partial charge in [-0.25, -0.2) is 0 Å². The number of hydrogen-bond donors (Lipinski definition) is 1. The average Bonchev–Trinajstić information content (AvgIpc) is 2.73. The Kier molecular flexibility index (Phi) is 8.87. The first kappa shape index (κ1) is 22.6. The van der Waals surface area contributed by atoms with E-state index in [2.05, 4.69) is 41.4 Å². The summed E-state index contributed by atoms with van der Waals surface area (Å²) in [6.07, 6.45) is 1.38. The maximum Gasteiger partial charge on any atom is 0.220 e. The standard InChI is InChI=1S/C24H32N2O3/c1-5-18-7-9-19(10-8-18)22(26(3)4)17-25-24(28)16-15-23(27)20-11-13-21(14-12-20)29-6-2/h7-14,22H,5-6,15-17H2,1-4H3,(H,25,28). The van der Waals surface area contributed by atoms with Gasteiger partial charge in [0.1, 0.15) is 5.75 Å². The molecule has 0 aromatic heterocycles. The highest BCUT2D eigenvalue weighted by Gasteiger charge is 2.16. The molecule has 29 heavy (non-hydrogen) atoms. The maximum atomic E-state index is 12.3. The summed E-state index contributed by atoms with van der Waals surface area (Å²) in [5.41, 5.74) is 3.06. The molecule has 1 atom stereocenters. The number of carbonyl (C=O) groups is 2. The van der Waals surface area contributed by atoms with Crippen molar-refractivity contribution < 1.29 is 14.3 Å². The molecule has 2 aromatic rings. The van der Waals surface area contributed by atoms with Crippen molar-refractivity contribution in [2.45, 2.75) is 39.2 Å². The molecule has 0 spiro atoms. The Labute approximate surface area is 174 Å². The van der Waals surface area contributed by atoms with Crippen molar-refractivity contribution in [1.29, 1.82) is 0 Å². The number of Topliss-reactive ketones (excluding diaryl/α,β-unsaturated/α-hetero) is 1. The molecule has 0 aliphatic rings. The van der Waals surface area contributed by atoms with Crippen LogP contribution in [0.15, 0.2) is 48.5 Å². The fourth-order valence-electron chi connectivity index (χ4n) is 3.15. The summed E-state index contributed by atoms with van der Waals surface area (Å²) in [6.45, 7) is 5.14. The molecular weight excluding hydrogens is 364 g/mol. The lowest BCUT2D eigenvalue weighted by atomic mass is 10.0. The highest BCUT2D eigenvalue weighted by atomic mass is 16.5. The van der Waals surface area contributed by atoms with Gasteiger partial charge in [-0.15, -0.1) is 0 Å². The van der Waals surface area contributed by atoms with Gasteiger partial charge in [-0.1, -0.05) is 31.2 Å². The molecule has 0 radical (unpaired) electrons. The lowest BCUT2D eigenvalue weighted by Crippen LogP contribution is -2.34. The number of nitrogens with zero attached hydrogens (tertiary/aromatic N) is 1. The minimum atomic E-state index is -0.110. The largest absolute Gasteiger partial charge is 0.494 e. The first-order valence-corrected chi connectivity index (χ1v) is 10.2. The van der Waals surface area contributed by atoms with Crippen LogP contribution in [0.4, 0.5) is 0 Å². The predicted octanol–water partition coefficient (Wildman–Crippen LogP) is 4.03. The number of likely N-dealkylation sites (N-methyl/N-ethyl adjacent to an activating group) is 1. The van der Waals surface area contributed by atoms with Crippen molar-refractivity contribution in [3.05, 3.63) is 65.2 Å². The number of ether oxygens (including phenoxy) is 1. The topological polar surface area (TPSA) is 58.6 Å². The molecule has 2 rings (SSSR count). The van der Waals surface area contributed by atoms with Crippen molar-refractivity contribution in [1.82, 2.24) is 10.2 Å². The van der Waals surface area contributed by atoms with E-state index in [1.165, 1.54) is 5.56 Å². The van der Waals surface area contributed by atoms with Crippen LogP contribution in [0.2, 0.25) is 0 Å². The average molecular weight is 397 g/mol. The smallest absolute Gasteiger partial charge is 0.220 e. The first-order valence-electron chi connectivity index (χ1n) is 10.2. The molecule has 0 aliphatic carbocycles. The number of aryl methyl sites for hydroxylation is 1. The SMILES string of the molecule is CCOc1ccc(C(=O)CCC(=O)NCC(c2ccc(CC)cc2)N(C)C)cc1. The lowest BCUT2D eigenvalue weighted by molar-refractivity contribution is -0.121. The number of carbonyl (C=O) groups excluding carboxylic acids is 2. The van der Waals surface area contributed by atoms with E-state index < -0.39 is 0 Å². The summed E-state index contributed by atoms with van der Waals surface area (Å²) in [5.74, 6) is 0.590. The third kappa shape index (κ3) is 7.02. The highest BCUT2D eigenvalue weighted by molar-refractivity contribution is 5.98. The van der Waals surface area contributed by atoms with Gasteiger partial charge in [0.05, 0.1) is 12.6 Å². The molecule has 0 aliphatic heterocycles. The van der Waals surface area contributed by atoms with Crippen molar-refractivity contribution in [3.63, 3.8) is 0 Å². The van der Waals surface area contributed by atoms with Gasteiger partial charge < -0.3 is 15.0 Å². The van der Waals surface area contributed by atoms with Gasteiger partial charge in [-0.05, 0) is 62.8 Å². The molecule has 5 heteroatoms. The van der Waals surface area contributed by atoms with Crippen LogP contribution in [-0.4, -0.2) is 43.8 Å². The van der Waals surface area contributed by atoms with Crippen LogP contribution in [0.5, 0.6) is 5.75 Å². The number of rotatable bonds is 11. The van der Waals surface area contributed by atoms with Crippen LogP contribution in [0.3, 0.4) is 0 Å². The van der Waals surface area contributed by atoms with Crippen LogP contribution in [0.25, 0.3) is 0 Å². The van der Waals surface area contributed by atoms with E-state index in [-0.39, 0.29) is 30.6 Å². The van der Waals surface area contributed by atoms with Gasteiger partial charge in [0.15, 0.2) is 5.78 Å². The summed E-state index contributed by atoms with van der Waals surface area (Å²) in [5, 5.41) is 2.97. The van der Waals surface area contributed by atoms with Crippen LogP contribution < -0.4 is 10.1 Å². The monoisotopic (exact) mass is 396 g/mol. The normalized spacial score (nSPS) is 11.9. The summed E-state index contributed by atoms with van der Waals surface area (Å²) in [7, 11) is 4.00. The van der Waals surface area contributed by atoms with Gasteiger partial charge in [-0.2, -0.15) is 0 Å². The highest BCUT2D eigenvalue weighted by Crippen LogP contribution is 2.19. The van der Waals surface area contributed by atoms with Gasteiger partial charge in [0, 0.05) is 24.9 Å². The third-order valence-electron chi connectivity index (χ3n) is 4.96. The van der Waals surface area contributed by atoms with Crippen LogP contribution >= 0.6 is 0 Å². The second kappa shape index (κ2) is 11.4. The Balaban J connectivity index is 1.84. The number of amides is 1. The first-order chi connectivity index (χ1) is 13.9. The molecule has 0 heterocycles. The Bertz CT molecular complexity index is 783. The van der Waals surface area contributed by atoms with E-state index in [4.69, 9.17) is 4.74 Å². The Morgan fingerprint density at radius 2 is 1.62 bits per heavy atom. The van der Waals surface area contributed by atoms with Gasteiger partial charge in [0.25, 0.3) is 0 Å². The van der Waals surface area contributed by atoms with Crippen LogP contribution in [0.1, 0.15) is 54.2 Å². The summed E-state index contributed by atoms with van der Waals surface area (Å²) in [6, 6.07) is 15.6. The van der Waals surface area contributed by atoms with E-state index in [0.29, 0.717) is 18.7 Å². The predicted molar refractivity (Wildman–Crippen MR) is 116 cm³/mol. The molecule has 0 fully saturated rings. The molecule has 2 aromatic carbocycles. The van der Waals surface area contributed by atoms with Crippen LogP contribution in [0, 0.1) is 0 Å². The lowest BCUT2D eigenvalue weighted by Gasteiger charge is -2.25. The van der Waals surface area contributed by atoms with Crippen molar-refractivity contribution >= 4 is 11.7 Å². The minimum absolute atomic E-state index is 0.0393. The molecule has 156 valence electrons. The second-order valence-electron chi connectivity index (χ2n) is 7.26. The van der Waals surface area contributed by atoms with Gasteiger partial charge in [0.2, 0.25) is 5.91 Å². The van der Waals surface area contributed by atoms with E-state index in [1.807, 2.05) is 21.0 Å². The molecule has 1 N–H and O–H groups in total. The minimum Gasteiger partial charge on any atom is -0.494 e. The van der Waals surface area contributed by atoms with E-state index in [0.717, 1.165) is 17.7 Å². The number of benzene rings is 2. The fourth-order valence-corrected chi connectivity index (χ4v) is 3.15. The second-order valence-corrected chi connectivity index (χ2v) is 7.26. The molecular formula is C24H32N2O3. The number of ketones is 1. The van der Waals surface area contributed by atoms with E-state index in [1.54, 1.807) is 24.3 Å². The molecule has 1 amide bonds. The van der Waals surface area contributed by atoms with E-state index >= 15 is 0 Å². The van der Waals surface area contributed by atoms with Crippen LogP contribution in [-0.2, 0) is 11.2 Å². The van der Waals surface area contributed by atoms with Crippen molar-refractivity contribution in [2.24, 2.45) is 0 Å². The quantitative estimate of drug-likeness (QED) is 0.583. The summed E-state index contributed by atoms with van der Waals surface area (Å²) >= 11 is 0. The van der Waals surface area contributed by atoms with Crippen molar-refractivity contribution in [3.8, 4) is 5.75 Å². The summed E-state index contributed by atoms with van der Waals surface area (Å²) < 4.78 is 5.38. The van der Waals surface area contributed by atoms with Gasteiger partial charge >= 0.3 is 0 Å². The molecule has 0 bridgehead atoms. The Morgan fingerprint density at radius 3 is 2.17 bits per heavy atom. The molecule has 5 nitrogen and oxygen atoms in total. The van der Waals surface area contributed by atoms with Gasteiger partial charge in [-0.3, -0.25) is 9.59 Å². The zero-order chi connectivity index (χ0) is 21.2. The third-order valence-corrected chi connectivity index (χ3v) is 4.96. The maximum absolute atomic E-state index is 12.3. The summed E-state index contributed by atoms with van der Waals surface area (Å²) in [4.78, 5) is 26.7. The zero-order valence-corrected chi connectivity index (χ0v) is 17.9. The zero-order valence-electron chi connectivity index (χ0n) is 17.9. The molecule has 0 saturated heterocycles. The Morgan fingerprint density at radius 1 is 0.966 bits per heavy atom. The van der Waals surface area contributed by atoms with Crippen molar-refractivity contribution in [2.75, 3.05) is 27.2 Å². The van der Waals surface area contributed by atoms with E-state index in [9.17, 15) is 9.59 Å². The number of hydrogen-bond acceptors (Lipinski definition) is 4. The Hall–Kier alpha value is -2.66.